The highest BCUT2D eigenvalue weighted by molar-refractivity contribution is 5.97. The molecule has 1 aromatic carbocycles. The lowest BCUT2D eigenvalue weighted by Crippen LogP contribution is -2.24. The Kier molecular flexibility index (Phi) is 5.27. The molecule has 0 fully saturated rings. The fourth-order valence-corrected chi connectivity index (χ4v) is 1.80. The Hall–Kier alpha value is -3.13. The minimum Gasteiger partial charge on any atom is -0.347 e. The number of benzene rings is 1. The van der Waals surface area contributed by atoms with Crippen LogP contribution in [0.15, 0.2) is 60.4 Å². The normalized spacial score (nSPS) is 10.6. The Balaban J connectivity index is 1.99. The van der Waals surface area contributed by atoms with Crippen LogP contribution >= 0.6 is 0 Å². The van der Waals surface area contributed by atoms with Gasteiger partial charge in [0.1, 0.15) is 17.5 Å². The fraction of sp³-hybridized carbons (Fsp3) is 0.118. The molecule has 5 nitrogen and oxygen atoms in total. The van der Waals surface area contributed by atoms with E-state index in [9.17, 15) is 4.79 Å². The van der Waals surface area contributed by atoms with Crippen molar-refractivity contribution in [2.24, 2.45) is 0 Å². The molecule has 1 heterocycles. The standard InChI is InChI=1S/C17H16N4O/c1-13-6-5-9-19-16(13)20-12-15(10-18)17(22)21-11-14-7-3-2-4-8-14/h2-9,12H,11H2,1H3,(H,19,20)(H,21,22)/b15-12-. The summed E-state index contributed by atoms with van der Waals surface area (Å²) >= 11 is 0. The van der Waals surface area contributed by atoms with Crippen LogP contribution in [0, 0.1) is 18.3 Å². The summed E-state index contributed by atoms with van der Waals surface area (Å²) in [6.07, 6.45) is 3.01. The Morgan fingerprint density at radius 3 is 2.73 bits per heavy atom. The third-order valence-electron chi connectivity index (χ3n) is 3.02. The maximum Gasteiger partial charge on any atom is 0.263 e. The van der Waals surface area contributed by atoms with Crippen molar-refractivity contribution >= 4 is 11.7 Å². The van der Waals surface area contributed by atoms with Crippen LogP contribution in [0.3, 0.4) is 0 Å². The predicted molar refractivity (Wildman–Crippen MR) is 84.6 cm³/mol. The number of anilines is 1. The smallest absolute Gasteiger partial charge is 0.263 e. The number of rotatable bonds is 5. The van der Waals surface area contributed by atoms with Crippen molar-refractivity contribution in [1.29, 1.82) is 5.26 Å². The first-order valence-electron chi connectivity index (χ1n) is 6.81. The highest BCUT2D eigenvalue weighted by Gasteiger charge is 2.08. The number of carbonyl (C=O) groups is 1. The van der Waals surface area contributed by atoms with Crippen LogP contribution in [0.5, 0.6) is 0 Å². The summed E-state index contributed by atoms with van der Waals surface area (Å²) in [6.45, 7) is 2.27. The molecular formula is C17H16N4O. The van der Waals surface area contributed by atoms with E-state index in [1.807, 2.05) is 55.5 Å². The van der Waals surface area contributed by atoms with Gasteiger partial charge in [-0.15, -0.1) is 0 Å². The summed E-state index contributed by atoms with van der Waals surface area (Å²) < 4.78 is 0. The van der Waals surface area contributed by atoms with Gasteiger partial charge < -0.3 is 10.6 Å². The molecule has 2 rings (SSSR count). The van der Waals surface area contributed by atoms with E-state index in [0.29, 0.717) is 12.4 Å². The number of pyridine rings is 1. The number of carbonyl (C=O) groups excluding carboxylic acids is 1. The van der Waals surface area contributed by atoms with Gasteiger partial charge in [0.2, 0.25) is 0 Å². The van der Waals surface area contributed by atoms with E-state index in [1.54, 1.807) is 6.20 Å². The second kappa shape index (κ2) is 7.60. The first-order chi connectivity index (χ1) is 10.7. The molecule has 22 heavy (non-hydrogen) atoms. The second-order valence-corrected chi connectivity index (χ2v) is 4.65. The molecule has 110 valence electrons. The van der Waals surface area contributed by atoms with Crippen LogP contribution in [0.25, 0.3) is 0 Å². The average molecular weight is 292 g/mol. The number of nitrogens with zero attached hydrogens (tertiary/aromatic N) is 2. The SMILES string of the molecule is Cc1cccnc1N/C=C(/C#N)C(=O)NCc1ccccc1. The molecule has 2 N–H and O–H groups in total. The molecule has 0 saturated carbocycles. The lowest BCUT2D eigenvalue weighted by Gasteiger charge is -2.06. The third-order valence-corrected chi connectivity index (χ3v) is 3.02. The van der Waals surface area contributed by atoms with Gasteiger partial charge in [0.15, 0.2) is 0 Å². The third kappa shape index (κ3) is 4.18. The topological polar surface area (TPSA) is 77.8 Å². The van der Waals surface area contributed by atoms with Gasteiger partial charge in [-0.2, -0.15) is 5.26 Å². The first-order valence-corrected chi connectivity index (χ1v) is 6.81. The molecule has 0 aliphatic heterocycles. The molecular weight excluding hydrogens is 276 g/mol. The predicted octanol–water partition coefficient (Wildman–Crippen LogP) is 2.53. The van der Waals surface area contributed by atoms with Crippen molar-refractivity contribution in [3.63, 3.8) is 0 Å². The summed E-state index contributed by atoms with van der Waals surface area (Å²) in [6, 6.07) is 15.1. The molecule has 2 aromatic rings. The Labute approximate surface area is 129 Å². The minimum absolute atomic E-state index is 0.000911. The van der Waals surface area contributed by atoms with Crippen LogP contribution in [-0.4, -0.2) is 10.9 Å². The van der Waals surface area contributed by atoms with Crippen LogP contribution in [-0.2, 0) is 11.3 Å². The lowest BCUT2D eigenvalue weighted by molar-refractivity contribution is -0.117. The van der Waals surface area contributed by atoms with Gasteiger partial charge >= 0.3 is 0 Å². The maximum atomic E-state index is 12.0. The highest BCUT2D eigenvalue weighted by Crippen LogP contribution is 2.09. The van der Waals surface area contributed by atoms with Gasteiger partial charge in [0.25, 0.3) is 5.91 Å². The molecule has 0 aliphatic carbocycles. The minimum atomic E-state index is -0.424. The highest BCUT2D eigenvalue weighted by atomic mass is 16.1. The van der Waals surface area contributed by atoms with Crippen molar-refractivity contribution in [2.75, 3.05) is 5.32 Å². The zero-order chi connectivity index (χ0) is 15.8. The average Bonchev–Trinajstić information content (AvgIpc) is 2.56. The molecule has 0 aliphatic rings. The van der Waals surface area contributed by atoms with E-state index in [-0.39, 0.29) is 5.57 Å². The fourth-order valence-electron chi connectivity index (χ4n) is 1.80. The molecule has 0 spiro atoms. The summed E-state index contributed by atoms with van der Waals surface area (Å²) in [4.78, 5) is 16.1. The molecule has 1 aromatic heterocycles. The summed E-state index contributed by atoms with van der Waals surface area (Å²) in [5.74, 6) is 0.193. The van der Waals surface area contributed by atoms with Crippen LogP contribution in [0.1, 0.15) is 11.1 Å². The van der Waals surface area contributed by atoms with Gasteiger partial charge in [-0.3, -0.25) is 4.79 Å². The molecule has 0 bridgehead atoms. The molecule has 0 atom stereocenters. The molecule has 5 heteroatoms. The number of nitrogens with one attached hydrogen (secondary N) is 2. The van der Waals surface area contributed by atoms with Crippen molar-refractivity contribution in [3.8, 4) is 6.07 Å². The van der Waals surface area contributed by atoms with Crippen LogP contribution < -0.4 is 10.6 Å². The lowest BCUT2D eigenvalue weighted by atomic mass is 10.2. The van der Waals surface area contributed by atoms with Gasteiger partial charge in [0, 0.05) is 18.9 Å². The van der Waals surface area contributed by atoms with Gasteiger partial charge in [0.05, 0.1) is 0 Å². The maximum absolute atomic E-state index is 12.0. The van der Waals surface area contributed by atoms with E-state index < -0.39 is 5.91 Å². The molecule has 1 amide bonds. The molecule has 0 radical (unpaired) electrons. The van der Waals surface area contributed by atoms with Crippen molar-refractivity contribution < 1.29 is 4.79 Å². The van der Waals surface area contributed by atoms with Crippen molar-refractivity contribution in [3.05, 3.63) is 71.6 Å². The van der Waals surface area contributed by atoms with Crippen molar-refractivity contribution in [1.82, 2.24) is 10.3 Å². The Morgan fingerprint density at radius 1 is 1.27 bits per heavy atom. The number of amides is 1. The van der Waals surface area contributed by atoms with E-state index in [1.165, 1.54) is 6.20 Å². The zero-order valence-corrected chi connectivity index (χ0v) is 12.2. The van der Waals surface area contributed by atoms with E-state index in [0.717, 1.165) is 11.1 Å². The quantitative estimate of drug-likeness (QED) is 0.655. The number of hydrogen-bond donors (Lipinski definition) is 2. The number of nitriles is 1. The Morgan fingerprint density at radius 2 is 2.05 bits per heavy atom. The monoisotopic (exact) mass is 292 g/mol. The van der Waals surface area contributed by atoms with Crippen LogP contribution in [0.2, 0.25) is 0 Å². The van der Waals surface area contributed by atoms with E-state index in [4.69, 9.17) is 5.26 Å². The first kappa shape index (κ1) is 15.3. The second-order valence-electron chi connectivity index (χ2n) is 4.65. The van der Waals surface area contributed by atoms with Gasteiger partial charge in [-0.25, -0.2) is 4.98 Å². The number of aryl methyl sites for hydroxylation is 1. The molecule has 0 saturated heterocycles. The van der Waals surface area contributed by atoms with Crippen LogP contribution in [0.4, 0.5) is 5.82 Å². The van der Waals surface area contributed by atoms with E-state index in [2.05, 4.69) is 15.6 Å². The summed E-state index contributed by atoms with van der Waals surface area (Å²) in [5, 5.41) is 14.7. The number of aromatic nitrogens is 1. The largest absolute Gasteiger partial charge is 0.347 e. The molecule has 0 unspecified atom stereocenters. The van der Waals surface area contributed by atoms with Gasteiger partial charge in [-0.05, 0) is 24.1 Å². The van der Waals surface area contributed by atoms with Gasteiger partial charge in [-0.1, -0.05) is 36.4 Å². The summed E-state index contributed by atoms with van der Waals surface area (Å²) in [5.41, 5.74) is 1.91. The summed E-state index contributed by atoms with van der Waals surface area (Å²) in [7, 11) is 0. The zero-order valence-electron chi connectivity index (χ0n) is 12.2. The van der Waals surface area contributed by atoms with Crippen molar-refractivity contribution in [2.45, 2.75) is 13.5 Å². The number of hydrogen-bond acceptors (Lipinski definition) is 4. The Bertz CT molecular complexity index is 717. The van der Waals surface area contributed by atoms with E-state index >= 15 is 0 Å².